The second-order valence-corrected chi connectivity index (χ2v) is 5.57. The van der Waals surface area contributed by atoms with E-state index < -0.39 is 0 Å². The first-order valence-electron chi connectivity index (χ1n) is 6.80. The molecular weight excluding hydrogens is 214 g/mol. The third-order valence-electron chi connectivity index (χ3n) is 4.23. The van der Waals surface area contributed by atoms with Gasteiger partial charge in [0.25, 0.3) is 0 Å². The molecule has 0 spiro atoms. The number of carbonyl (C=O) groups is 1. The second kappa shape index (κ2) is 6.39. The zero-order chi connectivity index (χ0) is 13.0. The van der Waals surface area contributed by atoms with E-state index in [0.717, 1.165) is 26.0 Å². The van der Waals surface area contributed by atoms with Crippen LogP contribution in [0.15, 0.2) is 0 Å². The highest BCUT2D eigenvalue weighted by Crippen LogP contribution is 2.27. The number of likely N-dealkylation sites (tertiary alicyclic amines) is 1. The molecule has 0 aromatic rings. The van der Waals surface area contributed by atoms with Gasteiger partial charge in [-0.1, -0.05) is 27.2 Å². The Morgan fingerprint density at radius 1 is 1.47 bits per heavy atom. The molecule has 1 amide bonds. The summed E-state index contributed by atoms with van der Waals surface area (Å²) in [7, 11) is 1.73. The molecule has 100 valence electrons. The maximum Gasteiger partial charge on any atom is 0.225 e. The molecule has 3 nitrogen and oxygen atoms in total. The van der Waals surface area contributed by atoms with Crippen LogP contribution in [0.3, 0.4) is 0 Å². The molecule has 0 bridgehead atoms. The summed E-state index contributed by atoms with van der Waals surface area (Å²) in [5.41, 5.74) is 0. The van der Waals surface area contributed by atoms with Gasteiger partial charge in [0, 0.05) is 31.5 Å². The molecular formula is C14H27NO2. The minimum atomic E-state index is 0.142. The lowest BCUT2D eigenvalue weighted by Crippen LogP contribution is -2.39. The van der Waals surface area contributed by atoms with Crippen molar-refractivity contribution in [2.45, 2.75) is 46.6 Å². The van der Waals surface area contributed by atoms with Gasteiger partial charge in [-0.15, -0.1) is 0 Å². The third-order valence-corrected chi connectivity index (χ3v) is 4.23. The third kappa shape index (κ3) is 3.44. The normalized spacial score (nSPS) is 28.2. The quantitative estimate of drug-likeness (QED) is 0.740. The lowest BCUT2D eigenvalue weighted by molar-refractivity contribution is -0.137. The van der Waals surface area contributed by atoms with Crippen LogP contribution in [0.4, 0.5) is 0 Å². The van der Waals surface area contributed by atoms with Crippen LogP contribution in [-0.2, 0) is 9.53 Å². The first-order valence-corrected chi connectivity index (χ1v) is 6.80. The molecule has 0 aromatic heterocycles. The number of nitrogens with zero attached hydrogens (tertiary/aromatic N) is 1. The molecule has 0 aromatic carbocycles. The Balaban J connectivity index is 2.58. The van der Waals surface area contributed by atoms with Gasteiger partial charge in [0.15, 0.2) is 0 Å². The Hall–Kier alpha value is -0.570. The average molecular weight is 241 g/mol. The predicted octanol–water partition coefficient (Wildman–Crippen LogP) is 2.55. The lowest BCUT2D eigenvalue weighted by Gasteiger charge is -2.27. The van der Waals surface area contributed by atoms with E-state index in [0.29, 0.717) is 23.8 Å². The van der Waals surface area contributed by atoms with Crippen molar-refractivity contribution in [2.24, 2.45) is 17.8 Å². The van der Waals surface area contributed by atoms with Crippen molar-refractivity contribution in [1.82, 2.24) is 4.90 Å². The van der Waals surface area contributed by atoms with E-state index in [1.54, 1.807) is 7.11 Å². The summed E-state index contributed by atoms with van der Waals surface area (Å²) in [5.74, 6) is 1.45. The maximum absolute atomic E-state index is 12.4. The molecule has 2 unspecified atom stereocenters. The van der Waals surface area contributed by atoms with Crippen molar-refractivity contribution in [3.63, 3.8) is 0 Å². The predicted molar refractivity (Wildman–Crippen MR) is 69.8 cm³/mol. The Kier molecular flexibility index (Phi) is 5.44. The monoisotopic (exact) mass is 241 g/mol. The van der Waals surface area contributed by atoms with E-state index in [1.165, 1.54) is 0 Å². The zero-order valence-corrected chi connectivity index (χ0v) is 11.9. The summed E-state index contributed by atoms with van der Waals surface area (Å²) in [4.78, 5) is 14.4. The molecule has 3 heteroatoms. The molecule has 0 radical (unpaired) electrons. The molecule has 17 heavy (non-hydrogen) atoms. The highest BCUT2D eigenvalue weighted by molar-refractivity contribution is 5.79. The van der Waals surface area contributed by atoms with E-state index >= 15 is 0 Å². The molecule has 1 heterocycles. The first-order chi connectivity index (χ1) is 8.01. The molecule has 1 aliphatic rings. The number of hydrogen-bond acceptors (Lipinski definition) is 2. The first kappa shape index (κ1) is 14.5. The SMILES string of the molecule is CC[C@H](C)C(C)C(=O)N1CC(COC)C[C@H]1C. The fourth-order valence-corrected chi connectivity index (χ4v) is 2.66. The Morgan fingerprint density at radius 3 is 2.65 bits per heavy atom. The Bertz CT molecular complexity index is 255. The van der Waals surface area contributed by atoms with Crippen molar-refractivity contribution in [3.05, 3.63) is 0 Å². The van der Waals surface area contributed by atoms with Gasteiger partial charge in [-0.2, -0.15) is 0 Å². The summed E-state index contributed by atoms with van der Waals surface area (Å²) in [6, 6.07) is 0.370. The molecule has 1 rings (SSSR count). The average Bonchev–Trinajstić information content (AvgIpc) is 2.68. The van der Waals surface area contributed by atoms with Gasteiger partial charge in [-0.05, 0) is 19.3 Å². The summed E-state index contributed by atoms with van der Waals surface area (Å²) >= 11 is 0. The molecule has 1 fully saturated rings. The van der Waals surface area contributed by atoms with Gasteiger partial charge in [0.05, 0.1) is 6.61 Å². The van der Waals surface area contributed by atoms with E-state index in [1.807, 2.05) is 0 Å². The lowest BCUT2D eigenvalue weighted by atomic mass is 9.92. The fraction of sp³-hybridized carbons (Fsp3) is 0.929. The van der Waals surface area contributed by atoms with Gasteiger partial charge in [-0.3, -0.25) is 4.79 Å². The molecule has 0 saturated carbocycles. The smallest absolute Gasteiger partial charge is 0.225 e. The minimum Gasteiger partial charge on any atom is -0.384 e. The van der Waals surface area contributed by atoms with Crippen LogP contribution in [0.2, 0.25) is 0 Å². The Labute approximate surface area is 106 Å². The van der Waals surface area contributed by atoms with Gasteiger partial charge in [0.1, 0.15) is 0 Å². The van der Waals surface area contributed by atoms with Crippen LogP contribution in [0.25, 0.3) is 0 Å². The largest absolute Gasteiger partial charge is 0.384 e. The van der Waals surface area contributed by atoms with Crippen molar-refractivity contribution in [1.29, 1.82) is 0 Å². The van der Waals surface area contributed by atoms with Crippen LogP contribution in [0, 0.1) is 17.8 Å². The van der Waals surface area contributed by atoms with Crippen LogP contribution in [0.1, 0.15) is 40.5 Å². The van der Waals surface area contributed by atoms with Crippen molar-refractivity contribution < 1.29 is 9.53 Å². The number of rotatable bonds is 5. The number of ether oxygens (including phenoxy) is 1. The summed E-state index contributed by atoms with van der Waals surface area (Å²) in [6.07, 6.45) is 2.14. The van der Waals surface area contributed by atoms with Gasteiger partial charge in [-0.25, -0.2) is 0 Å². The van der Waals surface area contributed by atoms with Crippen LogP contribution >= 0.6 is 0 Å². The van der Waals surface area contributed by atoms with E-state index in [-0.39, 0.29) is 5.92 Å². The zero-order valence-electron chi connectivity index (χ0n) is 11.9. The van der Waals surface area contributed by atoms with Gasteiger partial charge >= 0.3 is 0 Å². The molecule has 0 aliphatic carbocycles. The molecule has 0 N–H and O–H groups in total. The topological polar surface area (TPSA) is 29.5 Å². The highest BCUT2D eigenvalue weighted by atomic mass is 16.5. The maximum atomic E-state index is 12.4. The van der Waals surface area contributed by atoms with Gasteiger partial charge in [0.2, 0.25) is 5.91 Å². The van der Waals surface area contributed by atoms with Crippen LogP contribution in [-0.4, -0.2) is 37.1 Å². The highest BCUT2D eigenvalue weighted by Gasteiger charge is 2.35. The summed E-state index contributed by atoms with van der Waals surface area (Å²) in [5, 5.41) is 0. The fourth-order valence-electron chi connectivity index (χ4n) is 2.66. The second-order valence-electron chi connectivity index (χ2n) is 5.57. The van der Waals surface area contributed by atoms with Crippen molar-refractivity contribution in [2.75, 3.05) is 20.3 Å². The molecule has 4 atom stereocenters. The van der Waals surface area contributed by atoms with Crippen molar-refractivity contribution in [3.8, 4) is 0 Å². The standard InChI is InChI=1S/C14H27NO2/c1-6-10(2)12(4)14(16)15-8-13(9-17-5)7-11(15)3/h10-13H,6-9H2,1-5H3/t10-,11+,12?,13?/m0/s1. The number of methoxy groups -OCH3 is 1. The number of hydrogen-bond donors (Lipinski definition) is 0. The van der Waals surface area contributed by atoms with Gasteiger partial charge < -0.3 is 9.64 Å². The van der Waals surface area contributed by atoms with E-state index in [9.17, 15) is 4.79 Å². The summed E-state index contributed by atoms with van der Waals surface area (Å²) in [6.45, 7) is 10.2. The van der Waals surface area contributed by atoms with Crippen LogP contribution in [0.5, 0.6) is 0 Å². The van der Waals surface area contributed by atoms with Crippen LogP contribution < -0.4 is 0 Å². The minimum absolute atomic E-state index is 0.142. The van der Waals surface area contributed by atoms with E-state index in [4.69, 9.17) is 4.74 Å². The Morgan fingerprint density at radius 2 is 2.12 bits per heavy atom. The number of carbonyl (C=O) groups excluding carboxylic acids is 1. The number of amides is 1. The van der Waals surface area contributed by atoms with E-state index in [2.05, 4.69) is 32.6 Å². The summed E-state index contributed by atoms with van der Waals surface area (Å²) < 4.78 is 5.19. The molecule has 1 saturated heterocycles. The van der Waals surface area contributed by atoms with Crippen molar-refractivity contribution >= 4 is 5.91 Å². The molecule has 1 aliphatic heterocycles.